The third-order valence-electron chi connectivity index (χ3n) is 3.27. The normalized spacial score (nSPS) is 21.6. The van der Waals surface area contributed by atoms with E-state index in [0.717, 1.165) is 25.7 Å². The fourth-order valence-electron chi connectivity index (χ4n) is 2.21. The molecule has 0 aliphatic heterocycles. The average Bonchev–Trinajstić information content (AvgIpc) is 2.53. The quantitative estimate of drug-likeness (QED) is 0.460. The van der Waals surface area contributed by atoms with Crippen molar-refractivity contribution in [3.8, 4) is 0 Å². The molecule has 1 atom stereocenters. The zero-order valence-corrected chi connectivity index (χ0v) is 12.0. The largest absolute Gasteiger partial charge is 0.468 e. The predicted octanol–water partition coefficient (Wildman–Crippen LogP) is 1.60. The van der Waals surface area contributed by atoms with Crippen molar-refractivity contribution < 1.29 is 14.6 Å². The second-order valence-corrected chi connectivity index (χ2v) is 5.87. The highest BCUT2D eigenvalue weighted by Crippen LogP contribution is 2.26. The summed E-state index contributed by atoms with van der Waals surface area (Å²) >= 11 is 3.24. The van der Waals surface area contributed by atoms with Crippen molar-refractivity contribution in [2.75, 3.05) is 20.2 Å². The number of hydrogen-bond donors (Lipinski definition) is 2. The summed E-state index contributed by atoms with van der Waals surface area (Å²) in [6.07, 6.45) is 6.31. The van der Waals surface area contributed by atoms with Gasteiger partial charge in [-0.2, -0.15) is 0 Å². The molecule has 1 saturated carbocycles. The van der Waals surface area contributed by atoms with E-state index in [0.29, 0.717) is 13.1 Å². The molecule has 0 radical (unpaired) electrons. The minimum absolute atomic E-state index is 0.287. The lowest BCUT2D eigenvalue weighted by molar-refractivity contribution is -0.139. The monoisotopic (exact) mass is 307 g/mol. The van der Waals surface area contributed by atoms with E-state index in [1.807, 2.05) is 0 Å². The highest BCUT2D eigenvalue weighted by atomic mass is 79.9. The van der Waals surface area contributed by atoms with E-state index in [1.165, 1.54) is 20.0 Å². The number of methoxy groups -OCH3 is 1. The van der Waals surface area contributed by atoms with Gasteiger partial charge in [0.2, 0.25) is 0 Å². The molecule has 0 spiro atoms. The maximum absolute atomic E-state index is 11.2. The van der Waals surface area contributed by atoms with E-state index >= 15 is 0 Å². The van der Waals surface area contributed by atoms with Gasteiger partial charge in [0.15, 0.2) is 0 Å². The van der Waals surface area contributed by atoms with E-state index in [4.69, 9.17) is 0 Å². The van der Waals surface area contributed by atoms with Gasteiger partial charge in [-0.25, -0.2) is 0 Å². The van der Waals surface area contributed by atoms with Gasteiger partial charge < -0.3 is 15.2 Å². The van der Waals surface area contributed by atoms with Crippen molar-refractivity contribution in [1.82, 2.24) is 5.32 Å². The molecule has 0 heterocycles. The molecule has 1 aliphatic rings. The Hall–Kier alpha value is -0.130. The molecule has 0 saturated heterocycles. The van der Waals surface area contributed by atoms with Gasteiger partial charge in [0.05, 0.1) is 12.7 Å². The molecule has 100 valence electrons. The Morgan fingerprint density at radius 1 is 1.41 bits per heavy atom. The van der Waals surface area contributed by atoms with Crippen LogP contribution in [0, 0.1) is 0 Å². The smallest absolute Gasteiger partial charge is 0.320 e. The van der Waals surface area contributed by atoms with Gasteiger partial charge in [0, 0.05) is 13.1 Å². The Bertz CT molecular complexity index is 240. The lowest BCUT2D eigenvalue weighted by Gasteiger charge is -2.27. The Kier molecular flexibility index (Phi) is 6.44. The second-order valence-electron chi connectivity index (χ2n) is 4.76. The van der Waals surface area contributed by atoms with Crippen LogP contribution < -0.4 is 5.32 Å². The number of carbonyl (C=O) groups is 1. The predicted molar refractivity (Wildman–Crippen MR) is 70.3 cm³/mol. The number of ether oxygens (including phenoxy) is 1. The molecule has 0 amide bonds. The molecule has 0 aromatic carbocycles. The first-order valence-electron chi connectivity index (χ1n) is 6.22. The maximum atomic E-state index is 11.2. The van der Waals surface area contributed by atoms with Gasteiger partial charge in [0.1, 0.15) is 4.83 Å². The van der Waals surface area contributed by atoms with Crippen LogP contribution in [0.2, 0.25) is 0 Å². The summed E-state index contributed by atoms with van der Waals surface area (Å²) < 4.78 is 4.61. The molecule has 2 N–H and O–H groups in total. The minimum atomic E-state index is -0.598. The van der Waals surface area contributed by atoms with Crippen LogP contribution in [-0.4, -0.2) is 41.7 Å². The fraction of sp³-hybridized carbons (Fsp3) is 0.917. The summed E-state index contributed by atoms with van der Waals surface area (Å²) in [5.41, 5.74) is -0.598. The van der Waals surface area contributed by atoms with Crippen molar-refractivity contribution in [2.45, 2.75) is 49.0 Å². The van der Waals surface area contributed by atoms with E-state index in [-0.39, 0.29) is 10.8 Å². The Morgan fingerprint density at radius 3 is 2.53 bits per heavy atom. The molecular formula is C12H22BrNO3. The molecule has 1 fully saturated rings. The fourth-order valence-corrected chi connectivity index (χ4v) is 2.62. The summed E-state index contributed by atoms with van der Waals surface area (Å²) in [6.45, 7) is 1.03. The molecule has 1 unspecified atom stereocenters. The first kappa shape index (κ1) is 14.9. The molecule has 17 heavy (non-hydrogen) atoms. The lowest BCUT2D eigenvalue weighted by Crippen LogP contribution is -2.43. The number of esters is 1. The molecule has 0 aromatic heterocycles. The Balaban J connectivity index is 2.26. The van der Waals surface area contributed by atoms with E-state index in [9.17, 15) is 9.90 Å². The number of rotatable bonds is 5. The number of alkyl halides is 1. The van der Waals surface area contributed by atoms with Crippen LogP contribution in [0.5, 0.6) is 0 Å². The molecule has 4 nitrogen and oxygen atoms in total. The van der Waals surface area contributed by atoms with Crippen LogP contribution in [0.1, 0.15) is 38.5 Å². The van der Waals surface area contributed by atoms with E-state index in [1.54, 1.807) is 0 Å². The van der Waals surface area contributed by atoms with E-state index in [2.05, 4.69) is 26.0 Å². The zero-order chi connectivity index (χ0) is 12.7. The van der Waals surface area contributed by atoms with Crippen molar-refractivity contribution in [3.05, 3.63) is 0 Å². The summed E-state index contributed by atoms with van der Waals surface area (Å²) in [5, 5.41) is 13.5. The SMILES string of the molecule is COC(=O)C(Br)CNCC1(O)CCCCCC1. The van der Waals surface area contributed by atoms with Crippen LogP contribution in [-0.2, 0) is 9.53 Å². The molecular weight excluding hydrogens is 286 g/mol. The number of aliphatic hydroxyl groups is 1. The van der Waals surface area contributed by atoms with Gasteiger partial charge in [0.25, 0.3) is 0 Å². The first-order valence-corrected chi connectivity index (χ1v) is 7.14. The summed E-state index contributed by atoms with van der Waals surface area (Å²) in [4.78, 5) is 10.8. The highest BCUT2D eigenvalue weighted by molar-refractivity contribution is 9.10. The van der Waals surface area contributed by atoms with Crippen LogP contribution in [0.4, 0.5) is 0 Å². The molecule has 5 heteroatoms. The maximum Gasteiger partial charge on any atom is 0.320 e. The number of nitrogens with one attached hydrogen (secondary N) is 1. The summed E-state index contributed by atoms with van der Waals surface area (Å²) in [5.74, 6) is -0.287. The Labute approximate surface area is 111 Å². The minimum Gasteiger partial charge on any atom is -0.468 e. The zero-order valence-electron chi connectivity index (χ0n) is 10.4. The molecule has 0 aromatic rings. The summed E-state index contributed by atoms with van der Waals surface area (Å²) in [6, 6.07) is 0. The van der Waals surface area contributed by atoms with Crippen LogP contribution >= 0.6 is 15.9 Å². The van der Waals surface area contributed by atoms with Crippen molar-refractivity contribution >= 4 is 21.9 Å². The lowest BCUT2D eigenvalue weighted by atomic mass is 9.94. The number of carbonyl (C=O) groups excluding carboxylic acids is 1. The van der Waals surface area contributed by atoms with Crippen LogP contribution in [0.15, 0.2) is 0 Å². The van der Waals surface area contributed by atoms with Gasteiger partial charge in [-0.15, -0.1) is 0 Å². The third-order valence-corrected chi connectivity index (χ3v) is 3.97. The van der Waals surface area contributed by atoms with Crippen LogP contribution in [0.25, 0.3) is 0 Å². The van der Waals surface area contributed by atoms with Crippen molar-refractivity contribution in [1.29, 1.82) is 0 Å². The molecule has 1 rings (SSSR count). The number of hydrogen-bond acceptors (Lipinski definition) is 4. The number of halogens is 1. The summed E-state index contributed by atoms with van der Waals surface area (Å²) in [7, 11) is 1.37. The van der Waals surface area contributed by atoms with Gasteiger partial charge in [-0.05, 0) is 12.8 Å². The topological polar surface area (TPSA) is 58.6 Å². The van der Waals surface area contributed by atoms with Gasteiger partial charge in [-0.3, -0.25) is 4.79 Å². The average molecular weight is 308 g/mol. The van der Waals surface area contributed by atoms with Crippen LogP contribution in [0.3, 0.4) is 0 Å². The Morgan fingerprint density at radius 2 is 2.00 bits per heavy atom. The standard InChI is InChI=1S/C12H22BrNO3/c1-17-11(15)10(13)8-14-9-12(16)6-4-2-3-5-7-12/h10,14,16H,2-9H2,1H3. The molecule has 1 aliphatic carbocycles. The first-order chi connectivity index (χ1) is 8.07. The van der Waals surface area contributed by atoms with Gasteiger partial charge >= 0.3 is 5.97 Å². The van der Waals surface area contributed by atoms with Gasteiger partial charge in [-0.1, -0.05) is 41.6 Å². The third kappa shape index (κ3) is 5.36. The molecule has 0 bridgehead atoms. The van der Waals surface area contributed by atoms with E-state index < -0.39 is 5.60 Å². The second kappa shape index (κ2) is 7.34. The highest BCUT2D eigenvalue weighted by Gasteiger charge is 2.28. The van der Waals surface area contributed by atoms with Crippen molar-refractivity contribution in [2.24, 2.45) is 0 Å². The van der Waals surface area contributed by atoms with Crippen molar-refractivity contribution in [3.63, 3.8) is 0 Å².